The van der Waals surface area contributed by atoms with Crippen molar-refractivity contribution in [3.05, 3.63) is 34.3 Å². The van der Waals surface area contributed by atoms with Crippen LogP contribution in [-0.4, -0.2) is 23.3 Å². The number of aryl methyl sites for hydroxylation is 1. The predicted molar refractivity (Wildman–Crippen MR) is 75.2 cm³/mol. The summed E-state index contributed by atoms with van der Waals surface area (Å²) in [7, 11) is 1.71. The third-order valence-electron chi connectivity index (χ3n) is 2.75. The number of nitrogens with zero attached hydrogens (tertiary/aromatic N) is 2. The molecule has 2 aromatic heterocycles. The third-order valence-corrected chi connectivity index (χ3v) is 3.80. The number of ether oxygens (including phenoxy) is 1. The minimum absolute atomic E-state index is 0.271. The second-order valence-corrected chi connectivity index (χ2v) is 5.25. The van der Waals surface area contributed by atoms with Gasteiger partial charge in [-0.3, -0.25) is 0 Å². The molecule has 0 bridgehead atoms. The Bertz CT molecular complexity index is 478. The lowest BCUT2D eigenvalue weighted by atomic mass is 10.3. The van der Waals surface area contributed by atoms with Crippen LogP contribution < -0.4 is 5.32 Å². The maximum absolute atomic E-state index is 5.11. The van der Waals surface area contributed by atoms with E-state index >= 15 is 0 Å². The van der Waals surface area contributed by atoms with Crippen molar-refractivity contribution in [3.8, 4) is 0 Å². The minimum Gasteiger partial charge on any atom is -0.383 e. The van der Waals surface area contributed by atoms with Crippen LogP contribution in [0.4, 0.5) is 5.95 Å². The molecule has 0 saturated heterocycles. The molecule has 2 heterocycles. The maximum atomic E-state index is 5.11. The molecule has 0 spiro atoms. The van der Waals surface area contributed by atoms with E-state index in [1.54, 1.807) is 18.4 Å². The van der Waals surface area contributed by atoms with Gasteiger partial charge in [-0.2, -0.15) is 0 Å². The summed E-state index contributed by atoms with van der Waals surface area (Å²) in [5.74, 6) is 0.908. The topological polar surface area (TPSA) is 39.1 Å². The van der Waals surface area contributed by atoms with Crippen LogP contribution in [0, 0.1) is 6.92 Å². The zero-order valence-electron chi connectivity index (χ0n) is 11.0. The van der Waals surface area contributed by atoms with E-state index in [1.165, 1.54) is 4.88 Å². The van der Waals surface area contributed by atoms with Gasteiger partial charge >= 0.3 is 0 Å². The van der Waals surface area contributed by atoms with Gasteiger partial charge in [-0.1, -0.05) is 6.07 Å². The van der Waals surface area contributed by atoms with Crippen LogP contribution in [0.1, 0.15) is 23.5 Å². The summed E-state index contributed by atoms with van der Waals surface area (Å²) in [6.07, 6.45) is 2.04. The first-order valence-corrected chi connectivity index (χ1v) is 6.91. The molecule has 0 aliphatic heterocycles. The van der Waals surface area contributed by atoms with E-state index in [0.29, 0.717) is 6.61 Å². The first-order chi connectivity index (χ1) is 8.70. The van der Waals surface area contributed by atoms with Gasteiger partial charge in [0.05, 0.1) is 18.3 Å². The van der Waals surface area contributed by atoms with Gasteiger partial charge in [-0.15, -0.1) is 11.3 Å². The second kappa shape index (κ2) is 6.02. The van der Waals surface area contributed by atoms with Crippen LogP contribution in [0.15, 0.2) is 23.7 Å². The van der Waals surface area contributed by atoms with E-state index in [9.17, 15) is 0 Å². The molecular formula is C13H19N3OS. The van der Waals surface area contributed by atoms with Crippen LogP contribution >= 0.6 is 11.3 Å². The Balaban J connectivity index is 2.08. The molecule has 98 valence electrons. The van der Waals surface area contributed by atoms with Gasteiger partial charge in [0.1, 0.15) is 0 Å². The van der Waals surface area contributed by atoms with Gasteiger partial charge < -0.3 is 14.6 Å². The Kier molecular flexibility index (Phi) is 4.38. The minimum atomic E-state index is 0.271. The van der Waals surface area contributed by atoms with Crippen LogP contribution in [0.3, 0.4) is 0 Å². The maximum Gasteiger partial charge on any atom is 0.203 e. The summed E-state index contributed by atoms with van der Waals surface area (Å²) < 4.78 is 7.21. The van der Waals surface area contributed by atoms with Crippen molar-refractivity contribution in [2.45, 2.75) is 26.4 Å². The van der Waals surface area contributed by atoms with Gasteiger partial charge in [-0.25, -0.2) is 4.98 Å². The van der Waals surface area contributed by atoms with Crippen molar-refractivity contribution in [2.24, 2.45) is 0 Å². The van der Waals surface area contributed by atoms with E-state index in [-0.39, 0.29) is 6.04 Å². The Labute approximate surface area is 112 Å². The van der Waals surface area contributed by atoms with Crippen molar-refractivity contribution >= 4 is 17.3 Å². The number of thiophene rings is 1. The molecule has 18 heavy (non-hydrogen) atoms. The van der Waals surface area contributed by atoms with Crippen LogP contribution in [0.2, 0.25) is 0 Å². The summed E-state index contributed by atoms with van der Waals surface area (Å²) in [5, 5.41) is 5.54. The largest absolute Gasteiger partial charge is 0.383 e. The lowest BCUT2D eigenvalue weighted by Gasteiger charge is -2.14. The van der Waals surface area contributed by atoms with Crippen molar-refractivity contribution in [2.75, 3.05) is 19.0 Å². The summed E-state index contributed by atoms with van der Waals surface area (Å²) in [4.78, 5) is 5.83. The molecule has 0 radical (unpaired) electrons. The molecule has 0 amide bonds. The highest BCUT2D eigenvalue weighted by molar-refractivity contribution is 7.10. The molecule has 4 nitrogen and oxygen atoms in total. The first-order valence-electron chi connectivity index (χ1n) is 6.03. The quantitative estimate of drug-likeness (QED) is 0.872. The Morgan fingerprint density at radius 1 is 1.56 bits per heavy atom. The molecule has 2 aromatic rings. The number of aromatic nitrogens is 2. The molecule has 0 fully saturated rings. The van der Waals surface area contributed by atoms with Crippen molar-refractivity contribution in [3.63, 3.8) is 0 Å². The number of hydrogen-bond acceptors (Lipinski definition) is 4. The summed E-state index contributed by atoms with van der Waals surface area (Å²) >= 11 is 1.76. The van der Waals surface area contributed by atoms with Crippen molar-refractivity contribution < 1.29 is 4.74 Å². The lowest BCUT2D eigenvalue weighted by Crippen LogP contribution is -2.12. The van der Waals surface area contributed by atoms with E-state index in [1.807, 2.05) is 13.1 Å². The van der Waals surface area contributed by atoms with Gasteiger partial charge in [-0.05, 0) is 25.3 Å². The van der Waals surface area contributed by atoms with Crippen LogP contribution in [-0.2, 0) is 11.3 Å². The molecule has 5 heteroatoms. The molecule has 1 atom stereocenters. The predicted octanol–water partition coefficient (Wildman–Crippen LogP) is 3.07. The highest BCUT2D eigenvalue weighted by Gasteiger charge is 2.11. The smallest absolute Gasteiger partial charge is 0.203 e. The fourth-order valence-corrected chi connectivity index (χ4v) is 2.56. The Morgan fingerprint density at radius 3 is 3.06 bits per heavy atom. The van der Waals surface area contributed by atoms with Crippen molar-refractivity contribution in [1.29, 1.82) is 0 Å². The number of anilines is 1. The summed E-state index contributed by atoms with van der Waals surface area (Å²) in [5.41, 5.74) is 1.02. The third kappa shape index (κ3) is 3.11. The summed E-state index contributed by atoms with van der Waals surface area (Å²) in [6.45, 7) is 5.66. The molecule has 0 saturated carbocycles. The zero-order chi connectivity index (χ0) is 13.0. The molecular weight excluding hydrogens is 246 g/mol. The molecule has 0 aromatic carbocycles. The Hall–Kier alpha value is -1.33. The van der Waals surface area contributed by atoms with Gasteiger partial charge in [0.25, 0.3) is 0 Å². The number of methoxy groups -OCH3 is 1. The molecule has 1 unspecified atom stereocenters. The normalized spacial score (nSPS) is 12.6. The van der Waals surface area contributed by atoms with Crippen LogP contribution in [0.25, 0.3) is 0 Å². The zero-order valence-corrected chi connectivity index (χ0v) is 11.8. The van der Waals surface area contributed by atoms with Crippen molar-refractivity contribution in [1.82, 2.24) is 9.55 Å². The second-order valence-electron chi connectivity index (χ2n) is 4.27. The van der Waals surface area contributed by atoms with Gasteiger partial charge in [0.15, 0.2) is 0 Å². The highest BCUT2D eigenvalue weighted by Crippen LogP contribution is 2.22. The molecule has 0 aliphatic carbocycles. The average molecular weight is 265 g/mol. The summed E-state index contributed by atoms with van der Waals surface area (Å²) in [6, 6.07) is 4.48. The fourth-order valence-electron chi connectivity index (χ4n) is 1.82. The number of rotatable bonds is 6. The lowest BCUT2D eigenvalue weighted by molar-refractivity contribution is 0.187. The molecule has 2 rings (SSSR count). The monoisotopic (exact) mass is 265 g/mol. The van der Waals surface area contributed by atoms with Crippen LogP contribution in [0.5, 0.6) is 0 Å². The van der Waals surface area contributed by atoms with E-state index in [2.05, 4.69) is 39.3 Å². The number of hydrogen-bond donors (Lipinski definition) is 1. The van der Waals surface area contributed by atoms with E-state index in [0.717, 1.165) is 18.2 Å². The van der Waals surface area contributed by atoms with E-state index in [4.69, 9.17) is 4.74 Å². The van der Waals surface area contributed by atoms with E-state index < -0.39 is 0 Å². The molecule has 0 aliphatic rings. The Morgan fingerprint density at radius 2 is 2.39 bits per heavy atom. The number of nitrogens with one attached hydrogen (secondary N) is 1. The van der Waals surface area contributed by atoms with Gasteiger partial charge in [0.2, 0.25) is 5.95 Å². The van der Waals surface area contributed by atoms with Gasteiger partial charge in [0, 0.05) is 24.7 Å². The average Bonchev–Trinajstić information content (AvgIpc) is 2.96. The standard InChI is InChI=1S/C13H19N3OS/c1-10-9-16(6-7-17-3)13(14-10)15-11(2)12-5-4-8-18-12/h4-5,8-9,11H,6-7H2,1-3H3,(H,14,15). The molecule has 1 N–H and O–H groups in total. The fraction of sp³-hybridized carbons (Fsp3) is 0.462. The number of imidazole rings is 1. The SMILES string of the molecule is COCCn1cc(C)nc1NC(C)c1cccs1. The first kappa shape index (κ1) is 13.1. The highest BCUT2D eigenvalue weighted by atomic mass is 32.1.